The van der Waals surface area contributed by atoms with Crippen molar-refractivity contribution in [1.29, 1.82) is 0 Å². The van der Waals surface area contributed by atoms with Crippen molar-refractivity contribution in [3.63, 3.8) is 0 Å². The third-order valence-corrected chi connectivity index (χ3v) is 4.25. The van der Waals surface area contributed by atoms with Crippen molar-refractivity contribution in [1.82, 2.24) is 24.9 Å². The minimum Gasteiger partial charge on any atom is -0.336 e. The smallest absolute Gasteiger partial charge is 0.276 e. The van der Waals surface area contributed by atoms with Gasteiger partial charge in [-0.1, -0.05) is 11.3 Å². The first-order chi connectivity index (χ1) is 11.5. The molecule has 1 aromatic carbocycles. The van der Waals surface area contributed by atoms with Gasteiger partial charge >= 0.3 is 0 Å². The van der Waals surface area contributed by atoms with Gasteiger partial charge in [-0.15, -0.1) is 29.9 Å². The van der Waals surface area contributed by atoms with E-state index in [1.807, 2.05) is 44.2 Å². The Labute approximate surface area is 164 Å². The highest BCUT2D eigenvalue weighted by molar-refractivity contribution is 5.93. The second-order valence-electron chi connectivity index (χ2n) is 5.82. The molecule has 0 spiro atoms. The highest BCUT2D eigenvalue weighted by atomic mass is 35.5. The van der Waals surface area contributed by atoms with E-state index in [0.29, 0.717) is 17.9 Å². The van der Waals surface area contributed by atoms with Gasteiger partial charge in [0.15, 0.2) is 5.69 Å². The van der Waals surface area contributed by atoms with Gasteiger partial charge in [-0.05, 0) is 38.1 Å². The third-order valence-electron chi connectivity index (χ3n) is 4.25. The number of benzene rings is 1. The van der Waals surface area contributed by atoms with Crippen molar-refractivity contribution < 1.29 is 4.79 Å². The van der Waals surface area contributed by atoms with E-state index in [1.165, 1.54) is 0 Å². The quantitative estimate of drug-likeness (QED) is 0.730. The van der Waals surface area contributed by atoms with Gasteiger partial charge in [-0.3, -0.25) is 9.78 Å². The van der Waals surface area contributed by atoms with Crippen molar-refractivity contribution in [2.45, 2.75) is 19.9 Å². The minimum atomic E-state index is -0.181. The molecule has 0 fully saturated rings. The Hall–Kier alpha value is -2.22. The standard InChI is InChI=1S/C17H20N6O.2ClH/c1-11(10-18)22(3)17(24)16-12(2)23(21-20-16)14-6-7-15-13(9-14)5-4-8-19-15;;/h4-9,11H,10,18H2,1-3H3;2*1H. The van der Waals surface area contributed by atoms with E-state index >= 15 is 0 Å². The number of carbonyl (C=O) groups excluding carboxylic acids is 1. The van der Waals surface area contributed by atoms with Crippen LogP contribution in [0.4, 0.5) is 0 Å². The Morgan fingerprint density at radius 2 is 2.04 bits per heavy atom. The zero-order valence-electron chi connectivity index (χ0n) is 14.8. The monoisotopic (exact) mass is 396 g/mol. The van der Waals surface area contributed by atoms with Crippen molar-refractivity contribution in [3.05, 3.63) is 47.9 Å². The molecule has 3 aromatic rings. The molecular formula is C17H22Cl2N6O. The van der Waals surface area contributed by atoms with Crippen LogP contribution in [0.25, 0.3) is 16.6 Å². The summed E-state index contributed by atoms with van der Waals surface area (Å²) in [4.78, 5) is 18.5. The third kappa shape index (κ3) is 3.95. The molecule has 1 unspecified atom stereocenters. The van der Waals surface area contributed by atoms with Crippen molar-refractivity contribution >= 4 is 41.6 Å². The minimum absolute atomic E-state index is 0. The van der Waals surface area contributed by atoms with Gasteiger partial charge in [0, 0.05) is 31.2 Å². The first-order valence-corrected chi connectivity index (χ1v) is 7.77. The number of hydrogen-bond acceptors (Lipinski definition) is 5. The molecule has 2 heterocycles. The second-order valence-corrected chi connectivity index (χ2v) is 5.82. The average Bonchev–Trinajstić information content (AvgIpc) is 3.00. The lowest BCUT2D eigenvalue weighted by Gasteiger charge is -2.22. The van der Waals surface area contributed by atoms with Crippen LogP contribution >= 0.6 is 24.8 Å². The van der Waals surface area contributed by atoms with E-state index in [2.05, 4.69) is 15.3 Å². The largest absolute Gasteiger partial charge is 0.336 e. The van der Waals surface area contributed by atoms with Crippen molar-refractivity contribution in [3.8, 4) is 5.69 Å². The molecule has 140 valence electrons. The van der Waals surface area contributed by atoms with Gasteiger partial charge in [0.2, 0.25) is 0 Å². The molecule has 7 nitrogen and oxygen atoms in total. The van der Waals surface area contributed by atoms with Crippen molar-refractivity contribution in [2.75, 3.05) is 13.6 Å². The van der Waals surface area contributed by atoms with E-state index in [4.69, 9.17) is 5.73 Å². The molecule has 1 amide bonds. The van der Waals surface area contributed by atoms with Crippen LogP contribution in [0.3, 0.4) is 0 Å². The fraction of sp³-hybridized carbons (Fsp3) is 0.294. The summed E-state index contributed by atoms with van der Waals surface area (Å²) in [6.07, 6.45) is 1.76. The Bertz CT molecular complexity index is 898. The average molecular weight is 397 g/mol. The number of carbonyl (C=O) groups is 1. The van der Waals surface area contributed by atoms with Crippen LogP contribution < -0.4 is 5.73 Å². The fourth-order valence-corrected chi connectivity index (χ4v) is 2.49. The Morgan fingerprint density at radius 1 is 1.31 bits per heavy atom. The summed E-state index contributed by atoms with van der Waals surface area (Å²) in [5, 5.41) is 9.23. The lowest BCUT2D eigenvalue weighted by molar-refractivity contribution is 0.0741. The highest BCUT2D eigenvalue weighted by Gasteiger charge is 2.23. The SMILES string of the molecule is Cc1c(C(=O)N(C)C(C)CN)nnn1-c1ccc2ncccc2c1.Cl.Cl. The van der Waals surface area contributed by atoms with Crippen LogP contribution in [-0.2, 0) is 0 Å². The van der Waals surface area contributed by atoms with E-state index in [-0.39, 0.29) is 36.8 Å². The van der Waals surface area contributed by atoms with Crippen LogP contribution in [-0.4, -0.2) is 50.4 Å². The maximum Gasteiger partial charge on any atom is 0.276 e. The Balaban J connectivity index is 0.00000169. The molecule has 0 aliphatic rings. The molecule has 26 heavy (non-hydrogen) atoms. The number of rotatable bonds is 4. The van der Waals surface area contributed by atoms with Crippen LogP contribution in [0.5, 0.6) is 0 Å². The number of nitrogens with zero attached hydrogens (tertiary/aromatic N) is 5. The molecule has 1 atom stereocenters. The molecule has 0 aliphatic carbocycles. The summed E-state index contributed by atoms with van der Waals surface area (Å²) in [6, 6.07) is 9.63. The maximum atomic E-state index is 12.6. The van der Waals surface area contributed by atoms with Gasteiger partial charge in [-0.25, -0.2) is 4.68 Å². The van der Waals surface area contributed by atoms with Gasteiger partial charge < -0.3 is 10.6 Å². The predicted molar refractivity (Wildman–Crippen MR) is 107 cm³/mol. The molecule has 0 radical (unpaired) electrons. The number of pyridine rings is 1. The summed E-state index contributed by atoms with van der Waals surface area (Å²) in [6.45, 7) is 4.13. The summed E-state index contributed by atoms with van der Waals surface area (Å²) >= 11 is 0. The Morgan fingerprint density at radius 3 is 2.73 bits per heavy atom. The van der Waals surface area contributed by atoms with Crippen LogP contribution in [0.15, 0.2) is 36.5 Å². The van der Waals surface area contributed by atoms with E-state index in [0.717, 1.165) is 16.6 Å². The zero-order valence-corrected chi connectivity index (χ0v) is 16.4. The van der Waals surface area contributed by atoms with Crippen LogP contribution in [0, 0.1) is 6.92 Å². The topological polar surface area (TPSA) is 89.9 Å². The number of fused-ring (bicyclic) bond motifs is 1. The van der Waals surface area contributed by atoms with Gasteiger partial charge in [0.25, 0.3) is 5.91 Å². The van der Waals surface area contributed by atoms with E-state index < -0.39 is 0 Å². The summed E-state index contributed by atoms with van der Waals surface area (Å²) in [7, 11) is 1.72. The summed E-state index contributed by atoms with van der Waals surface area (Å²) in [5.41, 5.74) is 8.42. The first-order valence-electron chi connectivity index (χ1n) is 7.77. The second kappa shape index (κ2) is 8.93. The lowest BCUT2D eigenvalue weighted by atomic mass is 10.2. The molecule has 2 N–H and O–H groups in total. The van der Waals surface area contributed by atoms with E-state index in [1.54, 1.807) is 22.8 Å². The predicted octanol–water partition coefficient (Wildman–Crippen LogP) is 2.39. The Kier molecular flexibility index (Phi) is 7.50. The first kappa shape index (κ1) is 21.8. The number of aromatic nitrogens is 4. The zero-order chi connectivity index (χ0) is 17.3. The summed E-state index contributed by atoms with van der Waals surface area (Å²) in [5.74, 6) is -0.181. The normalized spacial score (nSPS) is 11.4. The molecule has 0 bridgehead atoms. The fourth-order valence-electron chi connectivity index (χ4n) is 2.49. The number of likely N-dealkylation sites (N-methyl/N-ethyl adjacent to an activating group) is 1. The number of nitrogens with two attached hydrogens (primary N) is 1. The molecular weight excluding hydrogens is 375 g/mol. The molecule has 3 rings (SSSR count). The van der Waals surface area contributed by atoms with Gasteiger partial charge in [0.1, 0.15) is 0 Å². The molecule has 0 saturated carbocycles. The van der Waals surface area contributed by atoms with Crippen molar-refractivity contribution in [2.24, 2.45) is 5.73 Å². The molecule has 9 heteroatoms. The lowest BCUT2D eigenvalue weighted by Crippen LogP contribution is -2.40. The van der Waals surface area contributed by atoms with Gasteiger partial charge in [0.05, 0.1) is 16.9 Å². The highest BCUT2D eigenvalue weighted by Crippen LogP contribution is 2.19. The van der Waals surface area contributed by atoms with E-state index in [9.17, 15) is 4.79 Å². The van der Waals surface area contributed by atoms with Crippen LogP contribution in [0.2, 0.25) is 0 Å². The van der Waals surface area contributed by atoms with Gasteiger partial charge in [-0.2, -0.15) is 0 Å². The molecule has 2 aromatic heterocycles. The maximum absolute atomic E-state index is 12.6. The summed E-state index contributed by atoms with van der Waals surface area (Å²) < 4.78 is 1.67. The van der Waals surface area contributed by atoms with Crippen LogP contribution in [0.1, 0.15) is 23.1 Å². The number of hydrogen-bond donors (Lipinski definition) is 1. The number of halogens is 2. The molecule has 0 aliphatic heterocycles. The molecule has 0 saturated heterocycles. The number of amides is 1.